The molecular weight excluding hydrogens is 364 g/mol. The summed E-state index contributed by atoms with van der Waals surface area (Å²) in [5.41, 5.74) is 0. The molecule has 1 saturated heterocycles. The number of hydrogen-bond acceptors (Lipinski definition) is 4. The van der Waals surface area contributed by atoms with E-state index in [2.05, 4.69) is 5.32 Å². The van der Waals surface area contributed by atoms with Crippen molar-refractivity contribution in [3.63, 3.8) is 0 Å². The molecule has 148 valence electrons. The average molecular weight is 393 g/mol. The molecule has 1 heterocycles. The predicted octanol–water partition coefficient (Wildman–Crippen LogP) is 2.69. The van der Waals surface area contributed by atoms with Gasteiger partial charge in [0.2, 0.25) is 15.9 Å². The summed E-state index contributed by atoms with van der Waals surface area (Å²) < 4.78 is 33.2. The van der Waals surface area contributed by atoms with Crippen LogP contribution in [0.3, 0.4) is 0 Å². The van der Waals surface area contributed by atoms with Crippen LogP contribution in [0.15, 0.2) is 29.2 Å². The molecule has 0 bridgehead atoms. The second kappa shape index (κ2) is 7.80. The molecule has 4 rings (SSSR count). The highest BCUT2D eigenvalue weighted by atomic mass is 32.2. The Balaban J connectivity index is 1.34. The summed E-state index contributed by atoms with van der Waals surface area (Å²) in [5.74, 6) is 0.749. The van der Waals surface area contributed by atoms with Crippen LogP contribution < -0.4 is 10.1 Å². The number of benzene rings is 1. The average Bonchev–Trinajstić information content (AvgIpc) is 3.35. The zero-order chi connectivity index (χ0) is 18.9. The molecule has 2 saturated carbocycles. The summed E-state index contributed by atoms with van der Waals surface area (Å²) in [5, 5.41) is 3.02. The number of hydrogen-bond donors (Lipinski definition) is 1. The van der Waals surface area contributed by atoms with Crippen LogP contribution in [0.4, 0.5) is 0 Å². The Morgan fingerprint density at radius 2 is 1.59 bits per heavy atom. The molecule has 0 unspecified atom stereocenters. The van der Waals surface area contributed by atoms with Crippen molar-refractivity contribution >= 4 is 15.9 Å². The molecule has 2 aliphatic carbocycles. The largest absolute Gasteiger partial charge is 0.490 e. The Morgan fingerprint density at radius 1 is 0.963 bits per heavy atom. The van der Waals surface area contributed by atoms with Gasteiger partial charge in [-0.15, -0.1) is 0 Å². The lowest BCUT2D eigenvalue weighted by Gasteiger charge is -2.30. The first kappa shape index (κ1) is 18.7. The van der Waals surface area contributed by atoms with Crippen molar-refractivity contribution in [1.29, 1.82) is 0 Å². The summed E-state index contributed by atoms with van der Waals surface area (Å²) in [6.45, 7) is 0.789. The summed E-state index contributed by atoms with van der Waals surface area (Å²) in [6, 6.07) is 7.11. The third kappa shape index (κ3) is 4.46. The van der Waals surface area contributed by atoms with Gasteiger partial charge in [-0.2, -0.15) is 4.31 Å². The number of carbonyl (C=O) groups is 1. The highest BCUT2D eigenvalue weighted by Gasteiger charge is 2.34. The highest BCUT2D eigenvalue weighted by Crippen LogP contribution is 2.28. The Morgan fingerprint density at radius 3 is 2.19 bits per heavy atom. The van der Waals surface area contributed by atoms with Crippen LogP contribution in [-0.4, -0.2) is 43.9 Å². The van der Waals surface area contributed by atoms with E-state index in [0.717, 1.165) is 31.4 Å². The van der Waals surface area contributed by atoms with Gasteiger partial charge in [-0.25, -0.2) is 8.42 Å². The molecule has 1 aromatic rings. The van der Waals surface area contributed by atoms with Crippen molar-refractivity contribution in [2.75, 3.05) is 13.1 Å². The smallest absolute Gasteiger partial charge is 0.243 e. The van der Waals surface area contributed by atoms with Crippen molar-refractivity contribution in [2.45, 2.75) is 68.4 Å². The van der Waals surface area contributed by atoms with Crippen LogP contribution in [0.2, 0.25) is 0 Å². The van der Waals surface area contributed by atoms with E-state index in [1.54, 1.807) is 24.3 Å². The van der Waals surface area contributed by atoms with Gasteiger partial charge < -0.3 is 10.1 Å². The lowest BCUT2D eigenvalue weighted by molar-refractivity contribution is -0.126. The van der Waals surface area contributed by atoms with Crippen LogP contribution in [0.1, 0.15) is 51.4 Å². The van der Waals surface area contributed by atoms with E-state index in [4.69, 9.17) is 4.74 Å². The van der Waals surface area contributed by atoms with Gasteiger partial charge in [0.1, 0.15) is 5.75 Å². The Kier molecular flexibility index (Phi) is 5.41. The number of piperidine rings is 1. The number of carbonyl (C=O) groups excluding carboxylic acids is 1. The SMILES string of the molecule is O=C(NC1CC1)C1CCN(S(=O)(=O)c2ccc(OC3CCCC3)cc2)CC1. The van der Waals surface area contributed by atoms with E-state index in [1.165, 1.54) is 17.1 Å². The van der Waals surface area contributed by atoms with Gasteiger partial charge >= 0.3 is 0 Å². The molecule has 1 aliphatic heterocycles. The first-order valence-electron chi connectivity index (χ1n) is 10.1. The molecule has 3 aliphatic rings. The van der Waals surface area contributed by atoms with Crippen molar-refractivity contribution < 1.29 is 17.9 Å². The van der Waals surface area contributed by atoms with E-state index in [0.29, 0.717) is 36.9 Å². The zero-order valence-corrected chi connectivity index (χ0v) is 16.4. The summed E-state index contributed by atoms with van der Waals surface area (Å²) >= 11 is 0. The van der Waals surface area contributed by atoms with Crippen LogP contribution in [0.25, 0.3) is 0 Å². The maximum Gasteiger partial charge on any atom is 0.243 e. The van der Waals surface area contributed by atoms with Gasteiger partial charge in [0.25, 0.3) is 0 Å². The molecule has 0 spiro atoms. The van der Waals surface area contributed by atoms with E-state index in [9.17, 15) is 13.2 Å². The molecule has 1 amide bonds. The third-order valence-corrected chi connectivity index (χ3v) is 7.73. The predicted molar refractivity (Wildman–Crippen MR) is 102 cm³/mol. The lowest BCUT2D eigenvalue weighted by Crippen LogP contribution is -2.43. The summed E-state index contributed by atoms with van der Waals surface area (Å²) in [4.78, 5) is 12.5. The fraction of sp³-hybridized carbons (Fsp3) is 0.650. The zero-order valence-electron chi connectivity index (χ0n) is 15.6. The van der Waals surface area contributed by atoms with Crippen LogP contribution >= 0.6 is 0 Å². The first-order valence-corrected chi connectivity index (χ1v) is 11.5. The number of nitrogens with one attached hydrogen (secondary N) is 1. The van der Waals surface area contributed by atoms with Gasteiger partial charge in [0.15, 0.2) is 0 Å². The quantitative estimate of drug-likeness (QED) is 0.808. The lowest BCUT2D eigenvalue weighted by atomic mass is 9.97. The van der Waals surface area contributed by atoms with Crippen LogP contribution in [-0.2, 0) is 14.8 Å². The summed E-state index contributed by atoms with van der Waals surface area (Å²) in [7, 11) is -3.52. The number of sulfonamides is 1. The molecule has 27 heavy (non-hydrogen) atoms. The minimum atomic E-state index is -3.52. The van der Waals surface area contributed by atoms with Gasteiger partial charge in [0, 0.05) is 25.0 Å². The van der Waals surface area contributed by atoms with E-state index in [-0.39, 0.29) is 17.9 Å². The van der Waals surface area contributed by atoms with Crippen molar-refractivity contribution in [1.82, 2.24) is 9.62 Å². The maximum atomic E-state index is 12.9. The standard InChI is InChI=1S/C20H28N2O4S/c23-20(21-16-5-6-16)15-11-13-22(14-12-15)27(24,25)19-9-7-18(8-10-19)26-17-3-1-2-4-17/h7-10,15-17H,1-6,11-14H2,(H,21,23). The van der Waals surface area contributed by atoms with Crippen molar-refractivity contribution in [2.24, 2.45) is 5.92 Å². The van der Waals surface area contributed by atoms with Gasteiger partial charge in [-0.3, -0.25) is 4.79 Å². The minimum Gasteiger partial charge on any atom is -0.490 e. The Labute approximate surface area is 161 Å². The Bertz CT molecular complexity index is 760. The molecule has 3 fully saturated rings. The molecule has 1 aromatic carbocycles. The van der Waals surface area contributed by atoms with Gasteiger partial charge in [0.05, 0.1) is 11.0 Å². The van der Waals surface area contributed by atoms with Crippen molar-refractivity contribution in [3.8, 4) is 5.75 Å². The van der Waals surface area contributed by atoms with E-state index >= 15 is 0 Å². The molecule has 0 aromatic heterocycles. The maximum absolute atomic E-state index is 12.9. The fourth-order valence-electron chi connectivity index (χ4n) is 3.94. The molecule has 7 heteroatoms. The fourth-order valence-corrected chi connectivity index (χ4v) is 5.41. The first-order chi connectivity index (χ1) is 13.0. The van der Waals surface area contributed by atoms with E-state index < -0.39 is 10.0 Å². The van der Waals surface area contributed by atoms with Crippen LogP contribution in [0, 0.1) is 5.92 Å². The monoisotopic (exact) mass is 392 g/mol. The second-order valence-corrected chi connectivity index (χ2v) is 9.89. The second-order valence-electron chi connectivity index (χ2n) is 7.96. The number of amides is 1. The molecule has 1 N–H and O–H groups in total. The normalized spacial score (nSPS) is 22.7. The minimum absolute atomic E-state index is 0.0702. The topological polar surface area (TPSA) is 75.7 Å². The molecule has 0 radical (unpaired) electrons. The summed E-state index contributed by atoms with van der Waals surface area (Å²) in [6.07, 6.45) is 8.11. The van der Waals surface area contributed by atoms with Gasteiger partial charge in [-0.1, -0.05) is 0 Å². The molecular formula is C20H28N2O4S. The molecule has 6 nitrogen and oxygen atoms in total. The number of nitrogens with zero attached hydrogens (tertiary/aromatic N) is 1. The van der Waals surface area contributed by atoms with E-state index in [1.807, 2.05) is 0 Å². The van der Waals surface area contributed by atoms with Crippen LogP contribution in [0.5, 0.6) is 5.75 Å². The van der Waals surface area contributed by atoms with Crippen molar-refractivity contribution in [3.05, 3.63) is 24.3 Å². The Hall–Kier alpha value is -1.60. The molecule has 0 atom stereocenters. The third-order valence-electron chi connectivity index (χ3n) is 5.81. The highest BCUT2D eigenvalue weighted by molar-refractivity contribution is 7.89. The number of rotatable bonds is 6. The van der Waals surface area contributed by atoms with Gasteiger partial charge in [-0.05, 0) is 75.6 Å². The number of ether oxygens (including phenoxy) is 1.